The summed E-state index contributed by atoms with van der Waals surface area (Å²) in [7, 11) is 0. The lowest BCUT2D eigenvalue weighted by Gasteiger charge is -2.12. The molecular weight excluding hydrogens is 366 g/mol. The quantitative estimate of drug-likeness (QED) is 0.442. The summed E-state index contributed by atoms with van der Waals surface area (Å²) in [6, 6.07) is 14.9. The molecule has 0 saturated carbocycles. The van der Waals surface area contributed by atoms with Gasteiger partial charge in [0, 0.05) is 17.3 Å². The second kappa shape index (κ2) is 8.46. The lowest BCUT2D eigenvalue weighted by Crippen LogP contribution is -2.09. The number of halogens is 1. The number of aryl methyl sites for hydroxylation is 1. The molecule has 1 heterocycles. The number of aromatic nitrogens is 2. The molecule has 1 aromatic heterocycles. The van der Waals surface area contributed by atoms with Crippen molar-refractivity contribution in [2.24, 2.45) is 0 Å². The van der Waals surface area contributed by atoms with Crippen LogP contribution in [0.15, 0.2) is 54.9 Å². The van der Waals surface area contributed by atoms with Crippen LogP contribution in [0.1, 0.15) is 18.1 Å². The Morgan fingerprint density at radius 1 is 1.04 bits per heavy atom. The predicted molar refractivity (Wildman–Crippen MR) is 107 cm³/mol. The first-order valence-corrected chi connectivity index (χ1v) is 8.79. The van der Waals surface area contributed by atoms with E-state index in [1.807, 2.05) is 49.4 Å². The van der Waals surface area contributed by atoms with Crippen molar-refractivity contribution in [3.63, 3.8) is 0 Å². The summed E-state index contributed by atoms with van der Waals surface area (Å²) in [6.07, 6.45) is 2.08. The molecule has 7 nitrogen and oxygen atoms in total. The molecule has 0 bridgehead atoms. The highest BCUT2D eigenvalue weighted by atomic mass is 35.5. The largest absolute Gasteiger partial charge is 0.360 e. The van der Waals surface area contributed by atoms with Gasteiger partial charge in [-0.05, 0) is 29.7 Å². The Morgan fingerprint density at radius 2 is 1.70 bits per heavy atom. The van der Waals surface area contributed by atoms with Crippen LogP contribution < -0.4 is 10.6 Å². The molecule has 0 aliphatic carbocycles. The van der Waals surface area contributed by atoms with Crippen LogP contribution in [-0.2, 0) is 13.0 Å². The van der Waals surface area contributed by atoms with Gasteiger partial charge in [0.05, 0.1) is 4.92 Å². The number of hydrogen-bond acceptors (Lipinski definition) is 6. The topological polar surface area (TPSA) is 93.0 Å². The van der Waals surface area contributed by atoms with Crippen LogP contribution in [0.2, 0.25) is 5.02 Å². The zero-order valence-corrected chi connectivity index (χ0v) is 15.4. The second-order valence-corrected chi connectivity index (χ2v) is 6.16. The zero-order chi connectivity index (χ0) is 19.2. The minimum atomic E-state index is -0.494. The van der Waals surface area contributed by atoms with Crippen molar-refractivity contribution < 1.29 is 4.92 Å². The van der Waals surface area contributed by atoms with Crippen molar-refractivity contribution in [3.05, 3.63) is 81.1 Å². The Bertz CT molecular complexity index is 964. The molecular formula is C19H18ClN5O2. The maximum Gasteiger partial charge on any atom is 0.353 e. The highest BCUT2D eigenvalue weighted by Gasteiger charge is 2.23. The molecule has 0 aliphatic rings. The number of hydrogen-bond donors (Lipinski definition) is 2. The number of rotatable bonds is 7. The van der Waals surface area contributed by atoms with Gasteiger partial charge in [-0.1, -0.05) is 54.9 Å². The van der Waals surface area contributed by atoms with Gasteiger partial charge < -0.3 is 10.6 Å². The van der Waals surface area contributed by atoms with Crippen LogP contribution >= 0.6 is 11.6 Å². The molecule has 0 atom stereocenters. The number of para-hydroxylation sites is 1. The maximum atomic E-state index is 11.7. The number of nitrogens with zero attached hydrogens (tertiary/aromatic N) is 3. The van der Waals surface area contributed by atoms with E-state index < -0.39 is 4.92 Å². The van der Waals surface area contributed by atoms with Gasteiger partial charge in [0.15, 0.2) is 0 Å². The highest BCUT2D eigenvalue weighted by molar-refractivity contribution is 6.31. The molecule has 0 aliphatic heterocycles. The molecule has 138 valence electrons. The molecule has 2 aromatic carbocycles. The number of nitro groups is 1. The highest BCUT2D eigenvalue weighted by Crippen LogP contribution is 2.32. The van der Waals surface area contributed by atoms with Crippen molar-refractivity contribution in [1.29, 1.82) is 0 Å². The molecule has 0 fully saturated rings. The van der Waals surface area contributed by atoms with Crippen LogP contribution in [0.4, 0.5) is 23.0 Å². The van der Waals surface area contributed by atoms with E-state index in [1.54, 1.807) is 6.07 Å². The average Bonchev–Trinajstić information content (AvgIpc) is 2.67. The molecule has 0 spiro atoms. The lowest BCUT2D eigenvalue weighted by molar-refractivity contribution is -0.383. The fourth-order valence-corrected chi connectivity index (χ4v) is 2.87. The number of nitrogens with one attached hydrogen (secondary N) is 2. The number of anilines is 3. The maximum absolute atomic E-state index is 11.7. The first-order valence-electron chi connectivity index (χ1n) is 8.41. The van der Waals surface area contributed by atoms with E-state index in [9.17, 15) is 10.1 Å². The Hall–Kier alpha value is -3.19. The molecule has 3 rings (SSSR count). The van der Waals surface area contributed by atoms with Gasteiger partial charge in [-0.2, -0.15) is 0 Å². The molecule has 27 heavy (non-hydrogen) atoms. The third-order valence-electron chi connectivity index (χ3n) is 4.06. The molecule has 3 aromatic rings. The van der Waals surface area contributed by atoms with Crippen LogP contribution in [0, 0.1) is 10.1 Å². The first kappa shape index (κ1) is 18.6. The summed E-state index contributed by atoms with van der Waals surface area (Å²) in [4.78, 5) is 19.3. The number of benzene rings is 2. The van der Waals surface area contributed by atoms with Gasteiger partial charge in [0.2, 0.25) is 11.6 Å². The van der Waals surface area contributed by atoms with E-state index in [0.29, 0.717) is 11.6 Å². The van der Waals surface area contributed by atoms with E-state index in [4.69, 9.17) is 11.6 Å². The van der Waals surface area contributed by atoms with Crippen LogP contribution in [0.25, 0.3) is 0 Å². The third kappa shape index (κ3) is 4.32. The van der Waals surface area contributed by atoms with Crippen LogP contribution in [-0.4, -0.2) is 14.9 Å². The first-order chi connectivity index (χ1) is 13.1. The summed E-state index contributed by atoms with van der Waals surface area (Å²) in [5, 5.41) is 18.3. The molecule has 0 radical (unpaired) electrons. The van der Waals surface area contributed by atoms with Gasteiger partial charge in [-0.3, -0.25) is 10.1 Å². The fourth-order valence-electron chi connectivity index (χ4n) is 2.67. The van der Waals surface area contributed by atoms with Gasteiger partial charge in [0.1, 0.15) is 6.33 Å². The van der Waals surface area contributed by atoms with Crippen molar-refractivity contribution in [3.8, 4) is 0 Å². The summed E-state index contributed by atoms with van der Waals surface area (Å²) >= 11 is 6.15. The van der Waals surface area contributed by atoms with Gasteiger partial charge in [-0.15, -0.1) is 0 Å². The van der Waals surface area contributed by atoms with Gasteiger partial charge in [-0.25, -0.2) is 9.97 Å². The van der Waals surface area contributed by atoms with Crippen LogP contribution in [0.5, 0.6) is 0 Å². The Kier molecular flexibility index (Phi) is 5.83. The SMILES string of the molecule is CCc1ccccc1Nc1ncnc(NCc2ccccc2Cl)c1[N+](=O)[O-]. The molecule has 2 N–H and O–H groups in total. The Labute approximate surface area is 161 Å². The minimum Gasteiger partial charge on any atom is -0.360 e. The summed E-state index contributed by atoms with van der Waals surface area (Å²) in [5.74, 6) is 0.268. The third-order valence-corrected chi connectivity index (χ3v) is 4.43. The smallest absolute Gasteiger partial charge is 0.353 e. The van der Waals surface area contributed by atoms with Gasteiger partial charge in [0.25, 0.3) is 0 Å². The van der Waals surface area contributed by atoms with Crippen molar-refractivity contribution in [2.45, 2.75) is 19.9 Å². The van der Waals surface area contributed by atoms with E-state index >= 15 is 0 Å². The summed E-state index contributed by atoms with van der Waals surface area (Å²) in [5.41, 5.74) is 2.42. The van der Waals surface area contributed by atoms with E-state index in [1.165, 1.54) is 6.33 Å². The molecule has 0 unspecified atom stereocenters. The van der Waals surface area contributed by atoms with E-state index in [0.717, 1.165) is 23.2 Å². The average molecular weight is 384 g/mol. The van der Waals surface area contributed by atoms with E-state index in [-0.39, 0.29) is 17.3 Å². The van der Waals surface area contributed by atoms with Crippen molar-refractivity contribution in [1.82, 2.24) is 9.97 Å². The molecule has 8 heteroatoms. The summed E-state index contributed by atoms with van der Waals surface area (Å²) in [6.45, 7) is 2.33. The van der Waals surface area contributed by atoms with Gasteiger partial charge >= 0.3 is 5.69 Å². The zero-order valence-electron chi connectivity index (χ0n) is 14.6. The molecule has 0 amide bonds. The van der Waals surface area contributed by atoms with Crippen LogP contribution in [0.3, 0.4) is 0 Å². The Balaban J connectivity index is 1.91. The minimum absolute atomic E-state index is 0.131. The standard InChI is InChI=1S/C19H18ClN5O2/c1-2-13-7-4-6-10-16(13)24-19-17(25(26)27)18(22-12-23-19)21-11-14-8-3-5-9-15(14)20/h3-10,12H,2,11H2,1H3,(H2,21,22,23,24). The molecule has 0 saturated heterocycles. The monoisotopic (exact) mass is 383 g/mol. The predicted octanol–water partition coefficient (Wildman–Crippen LogP) is 4.96. The van der Waals surface area contributed by atoms with Crippen molar-refractivity contribution >= 4 is 34.6 Å². The Morgan fingerprint density at radius 3 is 2.41 bits per heavy atom. The lowest BCUT2D eigenvalue weighted by atomic mass is 10.1. The fraction of sp³-hybridized carbons (Fsp3) is 0.158. The summed E-state index contributed by atoms with van der Waals surface area (Å²) < 4.78 is 0. The van der Waals surface area contributed by atoms with Crippen molar-refractivity contribution in [2.75, 3.05) is 10.6 Å². The second-order valence-electron chi connectivity index (χ2n) is 5.76. The normalized spacial score (nSPS) is 10.4. The van der Waals surface area contributed by atoms with E-state index in [2.05, 4.69) is 20.6 Å².